The molecule has 31 heavy (non-hydrogen) atoms. The van der Waals surface area contributed by atoms with E-state index in [4.69, 9.17) is 32.6 Å². The molecule has 0 aliphatic heterocycles. The number of hydrogen-bond acceptors (Lipinski definition) is 2. The fourth-order valence-corrected chi connectivity index (χ4v) is 3.08. The Labute approximate surface area is 200 Å². The molecule has 0 heterocycles. The van der Waals surface area contributed by atoms with Gasteiger partial charge in [-0.1, -0.05) is 91.0 Å². The van der Waals surface area contributed by atoms with Gasteiger partial charge in [-0.15, -0.1) is 0 Å². The summed E-state index contributed by atoms with van der Waals surface area (Å²) in [5.74, 6) is 0.193. The molecule has 2 nitrogen and oxygen atoms in total. The molecule has 4 aromatic rings. The number of benzene rings is 4. The Morgan fingerprint density at radius 2 is 1.26 bits per heavy atom. The summed E-state index contributed by atoms with van der Waals surface area (Å²) in [6, 6.07) is 33.7. The second-order valence-electron chi connectivity index (χ2n) is 6.45. The zero-order valence-corrected chi connectivity index (χ0v) is 20.8. The average Bonchev–Trinajstić information content (AvgIpc) is 2.79. The van der Waals surface area contributed by atoms with Crippen molar-refractivity contribution in [2.75, 3.05) is 0 Å². The zero-order valence-electron chi connectivity index (χ0n) is 16.4. The van der Waals surface area contributed by atoms with Crippen LogP contribution in [0.5, 0.6) is 0 Å². The first-order valence-electron chi connectivity index (χ1n) is 9.40. The number of aliphatic imine (C=N–C) groups is 1. The summed E-state index contributed by atoms with van der Waals surface area (Å²) in [7, 11) is 15.0. The van der Waals surface area contributed by atoms with E-state index in [0.717, 1.165) is 33.3 Å². The van der Waals surface area contributed by atoms with Crippen LogP contribution in [0, 0.1) is 0 Å². The van der Waals surface area contributed by atoms with Crippen LogP contribution in [0.3, 0.4) is 0 Å². The number of fused-ring (bicyclic) bond motifs is 1. The number of aliphatic hydroxyl groups is 1. The number of halogens is 3. The Morgan fingerprint density at radius 1 is 0.710 bits per heavy atom. The maximum absolute atomic E-state index is 10.7. The van der Waals surface area contributed by atoms with Crippen molar-refractivity contribution in [1.82, 2.24) is 0 Å². The molecule has 0 fully saturated rings. The first-order valence-corrected chi connectivity index (χ1v) is 17.9. The standard InChI is InChI=1S/C25H19NO.3ClH.Nb/c27-25(20-11-3-1-4-12-20)18-24(26-21-14-5-2-6-15-21)23-17-9-13-19-10-7-8-16-22(19)23;;;;/h1-18,27H;3*1H;/q;;;;+3/p-3/b25-18-,26-24?;;;;. The molecule has 0 unspecified atom stereocenters. The molecule has 156 valence electrons. The van der Waals surface area contributed by atoms with Crippen LogP contribution < -0.4 is 0 Å². The van der Waals surface area contributed by atoms with E-state index in [1.807, 2.05) is 84.9 Å². The minimum absolute atomic E-state index is 0.193. The van der Waals surface area contributed by atoms with Gasteiger partial charge in [0.1, 0.15) is 5.76 Å². The van der Waals surface area contributed by atoms with Crippen molar-refractivity contribution in [3.05, 3.63) is 120 Å². The second-order valence-corrected chi connectivity index (χ2v) is 16.5. The summed E-state index contributed by atoms with van der Waals surface area (Å²) >= 11 is -2.03. The molecule has 6 heteroatoms. The normalized spacial score (nSPS) is 11.9. The maximum atomic E-state index is 10.7. The number of rotatable bonds is 4. The van der Waals surface area contributed by atoms with Crippen LogP contribution in [0.2, 0.25) is 0 Å². The van der Waals surface area contributed by atoms with Crippen molar-refractivity contribution >= 4 is 55.5 Å². The van der Waals surface area contributed by atoms with Crippen molar-refractivity contribution in [3.63, 3.8) is 0 Å². The molecular formula is C25H19Cl3NNbO. The Kier molecular flexibility index (Phi) is 9.23. The van der Waals surface area contributed by atoms with E-state index in [0.29, 0.717) is 0 Å². The predicted molar refractivity (Wildman–Crippen MR) is 131 cm³/mol. The van der Waals surface area contributed by atoms with Gasteiger partial charge in [0.15, 0.2) is 0 Å². The van der Waals surface area contributed by atoms with Gasteiger partial charge in [0.2, 0.25) is 0 Å². The van der Waals surface area contributed by atoms with Gasteiger partial charge >= 0.3 is 42.8 Å². The van der Waals surface area contributed by atoms with Crippen LogP contribution >= 0.6 is 27.6 Å². The fourth-order valence-electron chi connectivity index (χ4n) is 3.08. The molecule has 4 aromatic carbocycles. The van der Waals surface area contributed by atoms with E-state index < -0.39 is 15.2 Å². The van der Waals surface area contributed by atoms with E-state index in [1.165, 1.54) is 0 Å². The molecule has 0 spiro atoms. The zero-order chi connectivity index (χ0) is 22.1. The summed E-state index contributed by atoms with van der Waals surface area (Å²) in [6.07, 6.45) is 1.74. The predicted octanol–water partition coefficient (Wildman–Crippen LogP) is 8.63. The molecule has 0 aliphatic rings. The summed E-state index contributed by atoms with van der Waals surface area (Å²) in [5.41, 5.74) is 3.31. The fraction of sp³-hybridized carbons (Fsp3) is 0. The molecule has 0 radical (unpaired) electrons. The number of aliphatic hydroxyl groups excluding tert-OH is 1. The molecule has 4 rings (SSSR count). The van der Waals surface area contributed by atoms with Crippen LogP contribution in [-0.2, 0) is 15.2 Å². The van der Waals surface area contributed by atoms with Crippen LogP contribution in [0.15, 0.2) is 114 Å². The second kappa shape index (κ2) is 12.1. The molecule has 0 aliphatic carbocycles. The van der Waals surface area contributed by atoms with E-state index in [1.54, 1.807) is 6.08 Å². The Bertz CT molecular complexity index is 1170. The molecule has 0 saturated carbocycles. The Morgan fingerprint density at radius 3 is 1.94 bits per heavy atom. The average molecular weight is 549 g/mol. The first kappa shape index (κ1) is 23.6. The molecule has 0 aromatic heterocycles. The van der Waals surface area contributed by atoms with Crippen molar-refractivity contribution in [3.8, 4) is 0 Å². The Hall–Kier alpha value is -2.04. The SMILES string of the molecule is O/C(=C\C(=Nc1ccccc1)c1cccc2ccccc12)c1ccccc1.[Cl][Nb]([Cl])[Cl]. The van der Waals surface area contributed by atoms with Gasteiger partial charge in [0.05, 0.1) is 11.4 Å². The number of para-hydroxylation sites is 1. The number of nitrogens with zero attached hydrogens (tertiary/aromatic N) is 1. The van der Waals surface area contributed by atoms with Gasteiger partial charge in [-0.3, -0.25) is 0 Å². The summed E-state index contributed by atoms with van der Waals surface area (Å²) in [5, 5.41) is 12.9. The van der Waals surface area contributed by atoms with E-state index >= 15 is 0 Å². The van der Waals surface area contributed by atoms with Crippen LogP contribution in [0.25, 0.3) is 16.5 Å². The van der Waals surface area contributed by atoms with Gasteiger partial charge in [-0.25, -0.2) is 4.99 Å². The monoisotopic (exact) mass is 547 g/mol. The van der Waals surface area contributed by atoms with Gasteiger partial charge in [0.25, 0.3) is 0 Å². The number of allylic oxidation sites excluding steroid dienone is 1. The third kappa shape index (κ3) is 7.26. The van der Waals surface area contributed by atoms with Gasteiger partial charge in [-0.2, -0.15) is 0 Å². The van der Waals surface area contributed by atoms with Crippen molar-refractivity contribution in [1.29, 1.82) is 0 Å². The van der Waals surface area contributed by atoms with Crippen LogP contribution in [0.1, 0.15) is 11.1 Å². The van der Waals surface area contributed by atoms with Gasteiger partial charge in [-0.05, 0) is 22.9 Å². The minimum atomic E-state index is -2.03. The van der Waals surface area contributed by atoms with Crippen LogP contribution in [-0.4, -0.2) is 10.8 Å². The molecule has 0 atom stereocenters. The van der Waals surface area contributed by atoms with E-state index in [2.05, 4.69) is 18.2 Å². The molecule has 0 amide bonds. The van der Waals surface area contributed by atoms with Crippen molar-refractivity contribution in [2.24, 2.45) is 4.99 Å². The third-order valence-corrected chi connectivity index (χ3v) is 4.41. The molecule has 0 bridgehead atoms. The third-order valence-electron chi connectivity index (χ3n) is 4.41. The van der Waals surface area contributed by atoms with E-state index in [-0.39, 0.29) is 5.76 Å². The Balaban J connectivity index is 0.000000628. The first-order chi connectivity index (χ1) is 15.0. The number of hydrogen-bond donors (Lipinski definition) is 1. The van der Waals surface area contributed by atoms with Gasteiger partial charge < -0.3 is 5.11 Å². The molecule has 1 N–H and O–H groups in total. The van der Waals surface area contributed by atoms with Crippen molar-refractivity contribution in [2.45, 2.75) is 0 Å². The van der Waals surface area contributed by atoms with Crippen LogP contribution in [0.4, 0.5) is 5.69 Å². The van der Waals surface area contributed by atoms with Crippen molar-refractivity contribution < 1.29 is 20.3 Å². The molecular weight excluding hydrogens is 530 g/mol. The quantitative estimate of drug-likeness (QED) is 0.155. The molecule has 0 saturated heterocycles. The van der Waals surface area contributed by atoms with E-state index in [9.17, 15) is 5.11 Å². The summed E-state index contributed by atoms with van der Waals surface area (Å²) < 4.78 is 0. The summed E-state index contributed by atoms with van der Waals surface area (Å²) in [4.78, 5) is 4.82. The summed E-state index contributed by atoms with van der Waals surface area (Å²) in [6.45, 7) is 0. The topological polar surface area (TPSA) is 32.6 Å². The van der Waals surface area contributed by atoms with Gasteiger partial charge in [0, 0.05) is 17.2 Å².